The summed E-state index contributed by atoms with van der Waals surface area (Å²) in [7, 11) is 1.42. The van der Waals surface area contributed by atoms with E-state index in [4.69, 9.17) is 20.3 Å². The molecule has 132 valence electrons. The number of methoxy groups -OCH3 is 1. The number of imidazole rings is 1. The van der Waals surface area contributed by atoms with Gasteiger partial charge in [-0.3, -0.25) is 4.57 Å². The minimum atomic E-state index is -1.46. The van der Waals surface area contributed by atoms with Crippen molar-refractivity contribution in [2.45, 2.75) is 37.3 Å². The fraction of sp³-hybridized carbons (Fsp3) is 0.643. The molecule has 10 heteroatoms. The van der Waals surface area contributed by atoms with Crippen molar-refractivity contribution < 1.29 is 24.1 Å². The van der Waals surface area contributed by atoms with Crippen LogP contribution in [-0.4, -0.2) is 62.3 Å². The lowest BCUT2D eigenvalue weighted by molar-refractivity contribution is -0.123. The molecule has 3 atom stereocenters. The lowest BCUT2D eigenvalue weighted by atomic mass is 9.98. The predicted molar refractivity (Wildman–Crippen MR) is 82.1 cm³/mol. The molecule has 24 heavy (non-hydrogen) atoms. The average Bonchev–Trinajstić information content (AvgIpc) is 3.11. The van der Waals surface area contributed by atoms with Gasteiger partial charge in [0.1, 0.15) is 0 Å². The van der Waals surface area contributed by atoms with E-state index in [-0.39, 0.29) is 50.0 Å². The number of hydrogen-bond donors (Lipinski definition) is 3. The van der Waals surface area contributed by atoms with E-state index in [1.807, 2.05) is 0 Å². The van der Waals surface area contributed by atoms with Crippen LogP contribution in [0.4, 0.5) is 10.3 Å². The van der Waals surface area contributed by atoms with Gasteiger partial charge in [0.15, 0.2) is 23.1 Å². The van der Waals surface area contributed by atoms with E-state index in [0.29, 0.717) is 5.52 Å². The molecular weight excluding hydrogens is 321 g/mol. The predicted octanol–water partition coefficient (Wildman–Crippen LogP) is -0.0383. The number of anilines is 1. The second-order valence-electron chi connectivity index (χ2n) is 5.70. The van der Waals surface area contributed by atoms with Crippen molar-refractivity contribution >= 4 is 17.1 Å². The Morgan fingerprint density at radius 3 is 3.00 bits per heavy atom. The first-order valence-electron chi connectivity index (χ1n) is 7.64. The van der Waals surface area contributed by atoms with E-state index in [2.05, 4.69) is 15.0 Å². The molecule has 0 spiro atoms. The number of aliphatic hydroxyl groups excluding tert-OH is 2. The van der Waals surface area contributed by atoms with Crippen molar-refractivity contribution in [1.82, 2.24) is 19.5 Å². The number of hydrogen-bond acceptors (Lipinski definition) is 8. The third kappa shape index (κ3) is 2.66. The van der Waals surface area contributed by atoms with Crippen LogP contribution in [-0.2, 0) is 10.5 Å². The second-order valence-corrected chi connectivity index (χ2v) is 5.70. The number of alkyl halides is 1. The maximum atomic E-state index is 14.8. The second kappa shape index (κ2) is 6.46. The lowest BCUT2D eigenvalue weighted by Crippen LogP contribution is -2.43. The number of halogens is 1. The zero-order chi connectivity index (χ0) is 17.3. The monoisotopic (exact) mass is 341 g/mol. The van der Waals surface area contributed by atoms with E-state index in [1.54, 1.807) is 0 Å². The van der Waals surface area contributed by atoms with E-state index in [1.165, 1.54) is 18.0 Å². The van der Waals surface area contributed by atoms with Crippen molar-refractivity contribution in [3.8, 4) is 5.88 Å². The van der Waals surface area contributed by atoms with Crippen LogP contribution in [0.5, 0.6) is 5.88 Å². The van der Waals surface area contributed by atoms with E-state index >= 15 is 0 Å². The summed E-state index contributed by atoms with van der Waals surface area (Å²) in [4.78, 5) is 12.3. The molecule has 3 heterocycles. The molecule has 2 aromatic rings. The molecule has 4 N–H and O–H groups in total. The zero-order valence-corrected chi connectivity index (χ0v) is 13.2. The first kappa shape index (κ1) is 16.8. The van der Waals surface area contributed by atoms with Crippen LogP contribution in [0.3, 0.4) is 0 Å². The summed E-state index contributed by atoms with van der Waals surface area (Å²) in [6.45, 7) is -0.00774. The number of fused-ring (bicyclic) bond motifs is 1. The zero-order valence-electron chi connectivity index (χ0n) is 13.2. The summed E-state index contributed by atoms with van der Waals surface area (Å²) >= 11 is 0. The standard InChI is InChI=1S/C14H20FN5O4/c1-23-12-10-11(18-13(16)19-12)20(7-17-10)14(6-8(22)2-4-21)9(15)3-5-24-14/h7-9,21-22H,2-6H2,1H3,(H2,16,18,19). The van der Waals surface area contributed by atoms with Crippen LogP contribution in [0, 0.1) is 0 Å². The van der Waals surface area contributed by atoms with Gasteiger partial charge in [-0.05, 0) is 6.42 Å². The maximum absolute atomic E-state index is 14.8. The minimum Gasteiger partial charge on any atom is -0.479 e. The highest BCUT2D eigenvalue weighted by Gasteiger charge is 2.49. The Hall–Kier alpha value is -2.04. The van der Waals surface area contributed by atoms with Crippen molar-refractivity contribution in [3.63, 3.8) is 0 Å². The van der Waals surface area contributed by atoms with E-state index in [9.17, 15) is 9.50 Å². The van der Waals surface area contributed by atoms with E-state index in [0.717, 1.165) is 0 Å². The summed E-state index contributed by atoms with van der Waals surface area (Å²) in [5, 5.41) is 19.1. The molecule has 0 radical (unpaired) electrons. The van der Waals surface area contributed by atoms with Gasteiger partial charge in [0, 0.05) is 19.4 Å². The van der Waals surface area contributed by atoms with Crippen molar-refractivity contribution in [3.05, 3.63) is 6.33 Å². The molecule has 1 saturated heterocycles. The molecule has 0 aromatic carbocycles. The van der Waals surface area contributed by atoms with Crippen molar-refractivity contribution in [2.75, 3.05) is 26.1 Å². The molecule has 0 amide bonds. The van der Waals surface area contributed by atoms with Crippen LogP contribution in [0.1, 0.15) is 19.3 Å². The van der Waals surface area contributed by atoms with Crippen LogP contribution >= 0.6 is 0 Å². The fourth-order valence-electron chi connectivity index (χ4n) is 3.06. The summed E-state index contributed by atoms with van der Waals surface area (Å²) < 4.78 is 27.0. The quantitative estimate of drug-likeness (QED) is 0.668. The maximum Gasteiger partial charge on any atom is 0.246 e. The summed E-state index contributed by atoms with van der Waals surface area (Å²) in [5.41, 5.74) is 4.82. The summed E-state index contributed by atoms with van der Waals surface area (Å²) in [5.74, 6) is 0.135. The topological polar surface area (TPSA) is 129 Å². The number of aromatic nitrogens is 4. The Morgan fingerprint density at radius 1 is 1.58 bits per heavy atom. The molecule has 9 nitrogen and oxygen atoms in total. The Bertz CT molecular complexity index is 726. The SMILES string of the molecule is COc1nc(N)nc2c1ncn2C1(CC(O)CCO)OCCC1F. The number of nitrogens with two attached hydrogens (primary N) is 1. The third-order valence-corrected chi connectivity index (χ3v) is 4.19. The molecule has 3 unspecified atom stereocenters. The van der Waals surface area contributed by atoms with Gasteiger partial charge in [0.05, 0.1) is 26.1 Å². The van der Waals surface area contributed by atoms with Gasteiger partial charge in [-0.1, -0.05) is 0 Å². The highest BCUT2D eigenvalue weighted by Crippen LogP contribution is 2.40. The Morgan fingerprint density at radius 2 is 2.38 bits per heavy atom. The van der Waals surface area contributed by atoms with Gasteiger partial charge < -0.3 is 25.4 Å². The number of ether oxygens (including phenoxy) is 2. The third-order valence-electron chi connectivity index (χ3n) is 4.19. The van der Waals surface area contributed by atoms with Crippen LogP contribution in [0.2, 0.25) is 0 Å². The van der Waals surface area contributed by atoms with Crippen molar-refractivity contribution in [2.24, 2.45) is 0 Å². The number of aliphatic hydroxyl groups is 2. The largest absolute Gasteiger partial charge is 0.479 e. The molecule has 1 aliphatic heterocycles. The number of nitrogen functional groups attached to an aromatic ring is 1. The fourth-order valence-corrected chi connectivity index (χ4v) is 3.06. The number of nitrogens with zero attached hydrogens (tertiary/aromatic N) is 4. The van der Waals surface area contributed by atoms with Crippen LogP contribution in [0.15, 0.2) is 6.33 Å². The highest BCUT2D eigenvalue weighted by atomic mass is 19.1. The Balaban J connectivity index is 2.12. The molecule has 1 aliphatic rings. The number of rotatable bonds is 6. The van der Waals surface area contributed by atoms with E-state index < -0.39 is 18.0 Å². The van der Waals surface area contributed by atoms with Gasteiger partial charge in [-0.25, -0.2) is 9.37 Å². The Kier molecular flexibility index (Phi) is 4.52. The van der Waals surface area contributed by atoms with Gasteiger partial charge in [-0.15, -0.1) is 0 Å². The molecule has 2 aromatic heterocycles. The first-order valence-corrected chi connectivity index (χ1v) is 7.64. The highest BCUT2D eigenvalue weighted by molar-refractivity contribution is 5.77. The first-order chi connectivity index (χ1) is 11.5. The van der Waals surface area contributed by atoms with Gasteiger partial charge in [-0.2, -0.15) is 9.97 Å². The molecule has 0 bridgehead atoms. The lowest BCUT2D eigenvalue weighted by Gasteiger charge is -2.33. The van der Waals surface area contributed by atoms with Crippen LogP contribution in [0.25, 0.3) is 11.2 Å². The summed E-state index contributed by atoms with van der Waals surface area (Å²) in [6, 6.07) is 0. The van der Waals surface area contributed by atoms with Crippen molar-refractivity contribution in [1.29, 1.82) is 0 Å². The molecule has 1 fully saturated rings. The van der Waals surface area contributed by atoms with Gasteiger partial charge >= 0.3 is 0 Å². The van der Waals surface area contributed by atoms with Gasteiger partial charge in [0.2, 0.25) is 11.8 Å². The average molecular weight is 341 g/mol. The Labute approximate surface area is 137 Å². The summed E-state index contributed by atoms with van der Waals surface area (Å²) in [6.07, 6.45) is -0.680. The molecule has 3 rings (SSSR count). The normalized spacial score (nSPS) is 25.2. The van der Waals surface area contributed by atoms with Gasteiger partial charge in [0.25, 0.3) is 0 Å². The van der Waals surface area contributed by atoms with Crippen LogP contribution < -0.4 is 10.5 Å². The molecule has 0 saturated carbocycles. The molecular formula is C14H20FN5O4. The smallest absolute Gasteiger partial charge is 0.246 e. The minimum absolute atomic E-state index is 0.0411. The molecule has 0 aliphatic carbocycles.